The van der Waals surface area contributed by atoms with Crippen molar-refractivity contribution in [1.29, 1.82) is 0 Å². The van der Waals surface area contributed by atoms with Crippen LogP contribution in [0.15, 0.2) is 23.1 Å². The molecule has 86 valence electrons. The van der Waals surface area contributed by atoms with E-state index in [0.717, 1.165) is 12.1 Å². The molecular weight excluding hydrogens is 235 g/mol. The van der Waals surface area contributed by atoms with E-state index < -0.39 is 11.7 Å². The Hall–Kier alpha value is -1.28. The molecule has 0 saturated heterocycles. The lowest BCUT2D eigenvalue weighted by molar-refractivity contribution is -0.137. The molecule has 16 heavy (non-hydrogen) atoms. The zero-order chi connectivity index (χ0) is 12.2. The van der Waals surface area contributed by atoms with Crippen molar-refractivity contribution in [2.75, 3.05) is 11.5 Å². The SMILES string of the molecule is C#CCCSc1ccc(C(F)(F)F)cc1N. The molecule has 0 aromatic heterocycles. The Labute approximate surface area is 96.2 Å². The lowest BCUT2D eigenvalue weighted by atomic mass is 10.2. The number of anilines is 1. The lowest BCUT2D eigenvalue weighted by Crippen LogP contribution is -2.05. The van der Waals surface area contributed by atoms with Crippen LogP contribution in [0, 0.1) is 12.3 Å². The summed E-state index contributed by atoms with van der Waals surface area (Å²) in [6.45, 7) is 0. The molecule has 1 nitrogen and oxygen atoms in total. The van der Waals surface area contributed by atoms with Gasteiger partial charge in [-0.25, -0.2) is 0 Å². The van der Waals surface area contributed by atoms with Crippen LogP contribution in [0.4, 0.5) is 18.9 Å². The van der Waals surface area contributed by atoms with E-state index in [4.69, 9.17) is 12.2 Å². The third-order valence-corrected chi connectivity index (χ3v) is 2.93. The second-order valence-corrected chi connectivity index (χ2v) is 4.19. The molecule has 0 spiro atoms. The van der Waals surface area contributed by atoms with Gasteiger partial charge in [0, 0.05) is 22.8 Å². The molecule has 5 heteroatoms. The molecule has 0 atom stereocenters. The average Bonchev–Trinajstić information content (AvgIpc) is 2.19. The van der Waals surface area contributed by atoms with Gasteiger partial charge in [0.25, 0.3) is 0 Å². The molecule has 2 N–H and O–H groups in total. The van der Waals surface area contributed by atoms with Crippen molar-refractivity contribution in [3.05, 3.63) is 23.8 Å². The fourth-order valence-electron chi connectivity index (χ4n) is 1.08. The van der Waals surface area contributed by atoms with Crippen LogP contribution in [-0.4, -0.2) is 5.75 Å². The van der Waals surface area contributed by atoms with Crippen molar-refractivity contribution in [2.45, 2.75) is 17.5 Å². The summed E-state index contributed by atoms with van der Waals surface area (Å²) in [5.41, 5.74) is 4.93. The van der Waals surface area contributed by atoms with Gasteiger partial charge in [0.1, 0.15) is 0 Å². The van der Waals surface area contributed by atoms with E-state index in [0.29, 0.717) is 17.1 Å². The van der Waals surface area contributed by atoms with Gasteiger partial charge in [0.2, 0.25) is 0 Å². The molecule has 0 aliphatic carbocycles. The Bertz CT molecular complexity index is 407. The number of nitrogens with two attached hydrogens (primary N) is 1. The van der Waals surface area contributed by atoms with E-state index in [1.165, 1.54) is 17.8 Å². The highest BCUT2D eigenvalue weighted by Crippen LogP contribution is 2.34. The molecule has 1 aromatic carbocycles. The number of halogens is 3. The smallest absolute Gasteiger partial charge is 0.398 e. The summed E-state index contributed by atoms with van der Waals surface area (Å²) in [5.74, 6) is 3.10. The van der Waals surface area contributed by atoms with Gasteiger partial charge in [0.15, 0.2) is 0 Å². The number of hydrogen-bond acceptors (Lipinski definition) is 2. The van der Waals surface area contributed by atoms with Crippen molar-refractivity contribution >= 4 is 17.4 Å². The normalized spacial score (nSPS) is 11.1. The highest BCUT2D eigenvalue weighted by molar-refractivity contribution is 7.99. The van der Waals surface area contributed by atoms with Crippen LogP contribution in [0.5, 0.6) is 0 Å². The molecule has 0 amide bonds. The largest absolute Gasteiger partial charge is 0.416 e. The van der Waals surface area contributed by atoms with E-state index in [2.05, 4.69) is 5.92 Å². The van der Waals surface area contributed by atoms with Gasteiger partial charge in [-0.15, -0.1) is 24.1 Å². The first-order valence-corrected chi connectivity index (χ1v) is 5.46. The van der Waals surface area contributed by atoms with Crippen molar-refractivity contribution < 1.29 is 13.2 Å². The van der Waals surface area contributed by atoms with Gasteiger partial charge in [-0.3, -0.25) is 0 Å². The number of hydrogen-bond donors (Lipinski definition) is 1. The Morgan fingerprint density at radius 1 is 1.38 bits per heavy atom. The molecule has 0 saturated carbocycles. The summed E-state index contributed by atoms with van der Waals surface area (Å²) in [4.78, 5) is 0.628. The maximum Gasteiger partial charge on any atom is 0.416 e. The first-order valence-electron chi connectivity index (χ1n) is 4.48. The van der Waals surface area contributed by atoms with Crippen molar-refractivity contribution in [2.24, 2.45) is 0 Å². The van der Waals surface area contributed by atoms with Gasteiger partial charge in [0.05, 0.1) is 5.56 Å². The molecule has 0 aliphatic heterocycles. The van der Waals surface area contributed by atoms with Crippen LogP contribution < -0.4 is 5.73 Å². The minimum absolute atomic E-state index is 0.136. The molecular formula is C11H10F3NS. The fraction of sp³-hybridized carbons (Fsp3) is 0.273. The minimum Gasteiger partial charge on any atom is -0.398 e. The highest BCUT2D eigenvalue weighted by Gasteiger charge is 2.30. The zero-order valence-corrected chi connectivity index (χ0v) is 9.16. The van der Waals surface area contributed by atoms with Crippen molar-refractivity contribution in [3.8, 4) is 12.3 Å². The maximum atomic E-state index is 12.3. The molecule has 0 fully saturated rings. The molecule has 1 aromatic rings. The summed E-state index contributed by atoms with van der Waals surface area (Å²) >= 11 is 1.36. The van der Waals surface area contributed by atoms with Gasteiger partial charge in [-0.2, -0.15) is 13.2 Å². The summed E-state index contributed by atoms with van der Waals surface area (Å²) in [7, 11) is 0. The van der Waals surface area contributed by atoms with Crippen LogP contribution in [0.1, 0.15) is 12.0 Å². The quantitative estimate of drug-likeness (QED) is 0.382. The van der Waals surface area contributed by atoms with E-state index in [1.807, 2.05) is 0 Å². The predicted octanol–water partition coefficient (Wildman–Crippen LogP) is 3.40. The van der Waals surface area contributed by atoms with Crippen LogP contribution in [0.2, 0.25) is 0 Å². The molecule has 1 rings (SSSR count). The molecule has 0 aliphatic rings. The van der Waals surface area contributed by atoms with Gasteiger partial charge in [-0.05, 0) is 18.2 Å². The van der Waals surface area contributed by atoms with E-state index in [9.17, 15) is 13.2 Å². The fourth-order valence-corrected chi connectivity index (χ4v) is 1.91. The van der Waals surface area contributed by atoms with Gasteiger partial charge < -0.3 is 5.73 Å². The Kier molecular flexibility index (Phi) is 4.13. The second-order valence-electron chi connectivity index (χ2n) is 3.05. The zero-order valence-electron chi connectivity index (χ0n) is 8.34. The summed E-state index contributed by atoms with van der Waals surface area (Å²) in [6, 6.07) is 3.34. The first-order chi connectivity index (χ1) is 7.45. The number of benzene rings is 1. The van der Waals surface area contributed by atoms with Gasteiger partial charge >= 0.3 is 6.18 Å². The maximum absolute atomic E-state index is 12.3. The number of rotatable bonds is 3. The summed E-state index contributed by atoms with van der Waals surface area (Å²) in [5, 5.41) is 0. The van der Waals surface area contributed by atoms with Crippen LogP contribution >= 0.6 is 11.8 Å². The van der Waals surface area contributed by atoms with Crippen molar-refractivity contribution in [1.82, 2.24) is 0 Å². The van der Waals surface area contributed by atoms with E-state index in [-0.39, 0.29) is 5.69 Å². The minimum atomic E-state index is -4.35. The number of thioether (sulfide) groups is 1. The summed E-state index contributed by atoms with van der Waals surface area (Å²) < 4.78 is 37.0. The average molecular weight is 245 g/mol. The van der Waals surface area contributed by atoms with Crippen LogP contribution in [0.3, 0.4) is 0 Å². The first kappa shape index (κ1) is 12.8. The Morgan fingerprint density at radius 2 is 2.06 bits per heavy atom. The Morgan fingerprint density at radius 3 is 2.56 bits per heavy atom. The number of alkyl halides is 3. The van der Waals surface area contributed by atoms with Crippen molar-refractivity contribution in [3.63, 3.8) is 0 Å². The molecule has 0 unspecified atom stereocenters. The standard InChI is InChI=1S/C11H10F3NS/c1-2-3-6-16-10-5-4-8(7-9(10)15)11(12,13)14/h1,4-5,7H,3,6,15H2. The van der Waals surface area contributed by atoms with Gasteiger partial charge in [-0.1, -0.05) is 0 Å². The lowest BCUT2D eigenvalue weighted by Gasteiger charge is -2.10. The Balaban J connectivity index is 2.80. The van der Waals surface area contributed by atoms with Crippen LogP contribution in [-0.2, 0) is 6.18 Å². The molecule has 0 heterocycles. The third kappa shape index (κ3) is 3.38. The highest BCUT2D eigenvalue weighted by atomic mass is 32.2. The predicted molar refractivity (Wildman–Crippen MR) is 60.0 cm³/mol. The molecule has 0 radical (unpaired) electrons. The third-order valence-electron chi connectivity index (χ3n) is 1.84. The number of nitrogen functional groups attached to an aromatic ring is 1. The van der Waals surface area contributed by atoms with Crippen LogP contribution in [0.25, 0.3) is 0 Å². The topological polar surface area (TPSA) is 26.0 Å². The molecule has 0 bridgehead atoms. The monoisotopic (exact) mass is 245 g/mol. The summed E-state index contributed by atoms with van der Waals surface area (Å²) in [6.07, 6.45) is 1.28. The second kappa shape index (κ2) is 5.17. The van der Waals surface area contributed by atoms with E-state index >= 15 is 0 Å². The van der Waals surface area contributed by atoms with E-state index in [1.54, 1.807) is 0 Å². The number of terminal acetylenes is 1.